The number of ether oxygens (including phenoxy) is 2. The summed E-state index contributed by atoms with van der Waals surface area (Å²) in [5, 5.41) is 5.16. The van der Waals surface area contributed by atoms with E-state index in [9.17, 15) is 4.79 Å². The first-order valence-electron chi connectivity index (χ1n) is 8.12. The third-order valence-corrected chi connectivity index (χ3v) is 5.34. The fourth-order valence-corrected chi connectivity index (χ4v) is 4.19. The summed E-state index contributed by atoms with van der Waals surface area (Å²) in [6, 6.07) is 13.2. The van der Waals surface area contributed by atoms with Crippen molar-refractivity contribution >= 4 is 54.2 Å². The van der Waals surface area contributed by atoms with Crippen LogP contribution in [0.2, 0.25) is 0 Å². The molecule has 0 atom stereocenters. The van der Waals surface area contributed by atoms with E-state index in [1.54, 1.807) is 6.07 Å². The van der Waals surface area contributed by atoms with E-state index in [0.717, 1.165) is 26.0 Å². The lowest BCUT2D eigenvalue weighted by Gasteiger charge is -2.08. The van der Waals surface area contributed by atoms with Gasteiger partial charge in [0, 0.05) is 15.4 Å². The predicted molar refractivity (Wildman–Crippen MR) is 115 cm³/mol. The minimum atomic E-state index is -0.274. The van der Waals surface area contributed by atoms with E-state index in [2.05, 4.69) is 42.2 Å². The molecule has 5 nitrogen and oxygen atoms in total. The van der Waals surface area contributed by atoms with Crippen LogP contribution >= 0.6 is 43.2 Å². The number of thiazole rings is 1. The number of anilines is 1. The number of carbonyl (C=O) groups excluding carboxylic acids is 1. The highest BCUT2D eigenvalue weighted by atomic mass is 79.9. The molecule has 0 aliphatic rings. The molecule has 0 spiro atoms. The summed E-state index contributed by atoms with van der Waals surface area (Å²) in [7, 11) is 0. The summed E-state index contributed by atoms with van der Waals surface area (Å²) < 4.78 is 12.9. The van der Waals surface area contributed by atoms with Gasteiger partial charge in [-0.2, -0.15) is 0 Å². The molecule has 0 unspecified atom stereocenters. The van der Waals surface area contributed by atoms with Gasteiger partial charge in [-0.1, -0.05) is 28.1 Å². The molecule has 2 aromatic carbocycles. The molecule has 0 aliphatic carbocycles. The van der Waals surface area contributed by atoms with Crippen LogP contribution in [0.15, 0.2) is 56.8 Å². The van der Waals surface area contributed by atoms with Gasteiger partial charge in [0.25, 0.3) is 5.91 Å². The molecule has 0 radical (unpaired) electrons. The quantitative estimate of drug-likeness (QED) is 0.438. The number of hydrogen-bond acceptors (Lipinski definition) is 5. The molecule has 1 amide bonds. The molecule has 3 rings (SSSR count). The number of amides is 1. The minimum Gasteiger partial charge on any atom is -0.493 e. The van der Waals surface area contributed by atoms with Crippen molar-refractivity contribution in [3.63, 3.8) is 0 Å². The number of carbonyl (C=O) groups is 1. The minimum absolute atomic E-state index is 0.106. The number of benzene rings is 2. The van der Waals surface area contributed by atoms with Gasteiger partial charge in [0.1, 0.15) is 11.5 Å². The SMILES string of the molecule is CCOc1ccccc1-c1csc(NC(=O)COc2ccc(Br)cc2Br)n1. The predicted octanol–water partition coefficient (Wildman–Crippen LogP) is 5.75. The van der Waals surface area contributed by atoms with Crippen LogP contribution in [-0.2, 0) is 4.79 Å². The summed E-state index contributed by atoms with van der Waals surface area (Å²) in [6.45, 7) is 2.41. The summed E-state index contributed by atoms with van der Waals surface area (Å²) in [5.41, 5.74) is 1.65. The third-order valence-electron chi connectivity index (χ3n) is 3.47. The van der Waals surface area contributed by atoms with Gasteiger partial charge in [0.05, 0.1) is 16.8 Å². The van der Waals surface area contributed by atoms with Crippen molar-refractivity contribution in [2.24, 2.45) is 0 Å². The molecule has 0 saturated heterocycles. The van der Waals surface area contributed by atoms with Crippen LogP contribution < -0.4 is 14.8 Å². The highest BCUT2D eigenvalue weighted by Crippen LogP contribution is 2.32. The average molecular weight is 512 g/mol. The first-order chi connectivity index (χ1) is 13.1. The van der Waals surface area contributed by atoms with Crippen LogP contribution in [0.25, 0.3) is 11.3 Å². The molecular weight excluding hydrogens is 496 g/mol. The van der Waals surface area contributed by atoms with E-state index in [-0.39, 0.29) is 12.5 Å². The van der Waals surface area contributed by atoms with Gasteiger partial charge in [0.2, 0.25) is 0 Å². The van der Waals surface area contributed by atoms with Crippen LogP contribution in [0, 0.1) is 0 Å². The maximum Gasteiger partial charge on any atom is 0.264 e. The molecule has 0 bridgehead atoms. The number of hydrogen-bond donors (Lipinski definition) is 1. The average Bonchev–Trinajstić information content (AvgIpc) is 3.10. The van der Waals surface area contributed by atoms with Crippen molar-refractivity contribution in [2.45, 2.75) is 6.92 Å². The Morgan fingerprint density at radius 2 is 1.96 bits per heavy atom. The smallest absolute Gasteiger partial charge is 0.264 e. The zero-order valence-corrected chi connectivity index (χ0v) is 18.4. The zero-order chi connectivity index (χ0) is 19.2. The molecule has 1 heterocycles. The Bertz CT molecular complexity index is 946. The van der Waals surface area contributed by atoms with Gasteiger partial charge < -0.3 is 9.47 Å². The fourth-order valence-electron chi connectivity index (χ4n) is 2.31. The van der Waals surface area contributed by atoms with Crippen molar-refractivity contribution in [1.82, 2.24) is 4.98 Å². The van der Waals surface area contributed by atoms with Crippen molar-refractivity contribution in [3.05, 3.63) is 56.8 Å². The summed E-state index contributed by atoms with van der Waals surface area (Å²) in [4.78, 5) is 16.6. The summed E-state index contributed by atoms with van der Waals surface area (Å²) in [5.74, 6) is 1.09. The van der Waals surface area contributed by atoms with Crippen LogP contribution in [0.3, 0.4) is 0 Å². The molecule has 0 aliphatic heterocycles. The third kappa shape index (κ3) is 5.31. The molecule has 1 aromatic heterocycles. The Morgan fingerprint density at radius 3 is 2.74 bits per heavy atom. The normalized spacial score (nSPS) is 10.5. The van der Waals surface area contributed by atoms with Crippen LogP contribution in [-0.4, -0.2) is 24.1 Å². The van der Waals surface area contributed by atoms with Crippen molar-refractivity contribution < 1.29 is 14.3 Å². The van der Waals surface area contributed by atoms with Gasteiger partial charge in [-0.05, 0) is 53.2 Å². The van der Waals surface area contributed by atoms with Crippen molar-refractivity contribution in [3.8, 4) is 22.8 Å². The number of para-hydroxylation sites is 1. The van der Waals surface area contributed by atoms with E-state index < -0.39 is 0 Å². The monoisotopic (exact) mass is 510 g/mol. The summed E-state index contributed by atoms with van der Waals surface area (Å²) in [6.07, 6.45) is 0. The first-order valence-corrected chi connectivity index (χ1v) is 10.6. The highest BCUT2D eigenvalue weighted by molar-refractivity contribution is 9.11. The molecule has 0 fully saturated rings. The van der Waals surface area contributed by atoms with Gasteiger partial charge in [-0.25, -0.2) is 4.98 Å². The van der Waals surface area contributed by atoms with E-state index in [0.29, 0.717) is 17.5 Å². The lowest BCUT2D eigenvalue weighted by Crippen LogP contribution is -2.20. The number of nitrogens with zero attached hydrogens (tertiary/aromatic N) is 1. The number of rotatable bonds is 7. The Hall–Kier alpha value is -1.90. The van der Waals surface area contributed by atoms with Gasteiger partial charge in [0.15, 0.2) is 11.7 Å². The largest absolute Gasteiger partial charge is 0.493 e. The second kappa shape index (κ2) is 9.34. The summed E-state index contributed by atoms with van der Waals surface area (Å²) >= 11 is 8.14. The second-order valence-electron chi connectivity index (χ2n) is 5.38. The standard InChI is InChI=1S/C19H16Br2N2O3S/c1-2-25-16-6-4-3-5-13(16)15-11-27-19(22-15)23-18(24)10-26-17-8-7-12(20)9-14(17)21/h3-9,11H,2,10H2,1H3,(H,22,23,24). The van der Waals surface area contributed by atoms with Gasteiger partial charge >= 0.3 is 0 Å². The van der Waals surface area contributed by atoms with Crippen LogP contribution in [0.4, 0.5) is 5.13 Å². The van der Waals surface area contributed by atoms with Gasteiger partial charge in [-0.15, -0.1) is 11.3 Å². The first kappa shape index (κ1) is 19.9. The molecule has 0 saturated carbocycles. The Balaban J connectivity index is 1.63. The molecule has 27 heavy (non-hydrogen) atoms. The highest BCUT2D eigenvalue weighted by Gasteiger charge is 2.12. The Morgan fingerprint density at radius 1 is 1.15 bits per heavy atom. The van der Waals surface area contributed by atoms with Crippen molar-refractivity contribution in [2.75, 3.05) is 18.5 Å². The maximum absolute atomic E-state index is 12.2. The van der Waals surface area contributed by atoms with E-state index in [1.165, 1.54) is 11.3 Å². The molecule has 1 N–H and O–H groups in total. The maximum atomic E-state index is 12.2. The molecular formula is C19H16Br2N2O3S. The molecule has 3 aromatic rings. The lowest BCUT2D eigenvalue weighted by atomic mass is 10.1. The van der Waals surface area contributed by atoms with E-state index >= 15 is 0 Å². The van der Waals surface area contributed by atoms with Crippen LogP contribution in [0.5, 0.6) is 11.5 Å². The lowest BCUT2D eigenvalue weighted by molar-refractivity contribution is -0.118. The topological polar surface area (TPSA) is 60.5 Å². The van der Waals surface area contributed by atoms with E-state index in [4.69, 9.17) is 9.47 Å². The zero-order valence-electron chi connectivity index (χ0n) is 14.4. The Kier molecular flexibility index (Phi) is 6.87. The van der Waals surface area contributed by atoms with E-state index in [1.807, 2.05) is 48.7 Å². The molecule has 140 valence electrons. The number of aromatic nitrogens is 1. The number of nitrogens with one attached hydrogen (secondary N) is 1. The molecule has 8 heteroatoms. The van der Waals surface area contributed by atoms with Crippen LogP contribution in [0.1, 0.15) is 6.92 Å². The van der Waals surface area contributed by atoms with Crippen molar-refractivity contribution in [1.29, 1.82) is 0 Å². The second-order valence-corrected chi connectivity index (χ2v) is 8.01. The fraction of sp³-hybridized carbons (Fsp3) is 0.158. The Labute approximate surface area is 178 Å². The number of halogens is 2. The van der Waals surface area contributed by atoms with Gasteiger partial charge in [-0.3, -0.25) is 10.1 Å².